The number of carboxylic acid groups (broad SMARTS) is 1. The van der Waals surface area contributed by atoms with Gasteiger partial charge in [0.2, 0.25) is 5.88 Å². The average Bonchev–Trinajstić information content (AvgIpc) is 3.78. The van der Waals surface area contributed by atoms with E-state index in [9.17, 15) is 18.7 Å². The molecular weight excluding hydrogens is 652 g/mol. The van der Waals surface area contributed by atoms with Crippen LogP contribution in [-0.2, 0) is 21.3 Å². The fraction of sp³-hybridized carbons (Fsp3) is 0.400. The smallest absolute Gasteiger partial charge is 0.326 e. The molecule has 0 bridgehead atoms. The number of ether oxygens (including phenoxy) is 3. The molecule has 4 aromatic heterocycles. The number of pyridine rings is 1. The van der Waals surface area contributed by atoms with Crippen LogP contribution in [0, 0.1) is 18.8 Å². The second-order valence-corrected chi connectivity index (χ2v) is 12.8. The van der Waals surface area contributed by atoms with E-state index in [1.807, 2.05) is 20.0 Å². The molecule has 1 N–H and O–H groups in total. The van der Waals surface area contributed by atoms with Crippen molar-refractivity contribution in [3.63, 3.8) is 0 Å². The molecule has 7 heterocycles. The highest BCUT2D eigenvalue weighted by Gasteiger charge is 2.50. The molecule has 3 fully saturated rings. The summed E-state index contributed by atoms with van der Waals surface area (Å²) in [5, 5.41) is 15.1. The SMILES string of the molecule is Cc1c(C#Cc2cnc(O[C@H]3C[C@@H](C(=O)O)N(c4nc(C(F)F)nc5c4oc4ccccc45)C3)c(N3CCOC4(COC4)[C@@H]3C)c2)cnn1C. The van der Waals surface area contributed by atoms with Crippen molar-refractivity contribution in [3.8, 4) is 17.7 Å². The number of morpholine rings is 1. The fourth-order valence-corrected chi connectivity index (χ4v) is 6.86. The first kappa shape index (κ1) is 31.9. The Labute approximate surface area is 284 Å². The van der Waals surface area contributed by atoms with Crippen molar-refractivity contribution >= 4 is 39.5 Å². The molecule has 15 heteroatoms. The third-order valence-electron chi connectivity index (χ3n) is 9.87. The van der Waals surface area contributed by atoms with Gasteiger partial charge in [0, 0.05) is 37.2 Å². The molecule has 258 valence electrons. The summed E-state index contributed by atoms with van der Waals surface area (Å²) >= 11 is 0. The number of nitrogens with zero attached hydrogens (tertiary/aromatic N) is 7. The topological polar surface area (TPSA) is 141 Å². The molecular formula is C35H33F2N7O6. The predicted octanol–water partition coefficient (Wildman–Crippen LogP) is 4.26. The number of hydrogen-bond donors (Lipinski definition) is 1. The van der Waals surface area contributed by atoms with Gasteiger partial charge >= 0.3 is 5.97 Å². The Morgan fingerprint density at radius 2 is 1.98 bits per heavy atom. The van der Waals surface area contributed by atoms with Gasteiger partial charge in [0.1, 0.15) is 34.5 Å². The van der Waals surface area contributed by atoms with Crippen LogP contribution in [0.2, 0.25) is 0 Å². The van der Waals surface area contributed by atoms with E-state index in [0.717, 1.165) is 11.3 Å². The van der Waals surface area contributed by atoms with Crippen LogP contribution in [-0.4, -0.2) is 92.5 Å². The lowest BCUT2D eigenvalue weighted by atomic mass is 9.90. The molecule has 13 nitrogen and oxygen atoms in total. The van der Waals surface area contributed by atoms with Crippen molar-refractivity contribution in [2.24, 2.45) is 7.05 Å². The molecule has 5 aromatic rings. The largest absolute Gasteiger partial charge is 0.480 e. The van der Waals surface area contributed by atoms with Crippen LogP contribution in [0.1, 0.15) is 42.4 Å². The summed E-state index contributed by atoms with van der Waals surface area (Å²) in [4.78, 5) is 29.2. The van der Waals surface area contributed by atoms with E-state index >= 15 is 0 Å². The molecule has 0 radical (unpaired) electrons. The number of carbonyl (C=O) groups is 1. The van der Waals surface area contributed by atoms with Crippen molar-refractivity contribution in [1.29, 1.82) is 0 Å². The van der Waals surface area contributed by atoms with Crippen molar-refractivity contribution in [2.45, 2.75) is 50.5 Å². The molecule has 3 aliphatic heterocycles. The summed E-state index contributed by atoms with van der Waals surface area (Å²) in [5.74, 6) is 4.76. The Morgan fingerprint density at radius 1 is 1.16 bits per heavy atom. The summed E-state index contributed by atoms with van der Waals surface area (Å²) in [6, 6.07) is 7.57. The number of para-hydroxylation sites is 1. The first-order valence-electron chi connectivity index (χ1n) is 16.2. The second-order valence-electron chi connectivity index (χ2n) is 12.8. The van der Waals surface area contributed by atoms with Crippen LogP contribution in [0.5, 0.6) is 5.88 Å². The van der Waals surface area contributed by atoms with Gasteiger partial charge in [-0.05, 0) is 32.0 Å². The zero-order valence-electron chi connectivity index (χ0n) is 27.5. The van der Waals surface area contributed by atoms with Crippen LogP contribution in [0.15, 0.2) is 47.1 Å². The quantitative estimate of drug-likeness (QED) is 0.256. The van der Waals surface area contributed by atoms with Crippen LogP contribution < -0.4 is 14.5 Å². The summed E-state index contributed by atoms with van der Waals surface area (Å²) in [7, 11) is 1.85. The van der Waals surface area contributed by atoms with Gasteiger partial charge < -0.3 is 33.5 Å². The molecule has 3 saturated heterocycles. The Kier molecular flexibility index (Phi) is 7.80. The zero-order valence-corrected chi connectivity index (χ0v) is 27.5. The van der Waals surface area contributed by atoms with Crippen molar-refractivity contribution in [1.82, 2.24) is 24.7 Å². The van der Waals surface area contributed by atoms with Gasteiger partial charge in [0.25, 0.3) is 6.43 Å². The van der Waals surface area contributed by atoms with Crippen molar-refractivity contribution in [2.75, 3.05) is 42.7 Å². The Morgan fingerprint density at radius 3 is 2.70 bits per heavy atom. The fourth-order valence-electron chi connectivity index (χ4n) is 6.86. The summed E-state index contributed by atoms with van der Waals surface area (Å²) in [6.07, 6.45) is -0.322. The number of carboxylic acids is 1. The summed E-state index contributed by atoms with van der Waals surface area (Å²) in [5.41, 5.74) is 3.32. The van der Waals surface area contributed by atoms with Gasteiger partial charge in [-0.2, -0.15) is 5.10 Å². The van der Waals surface area contributed by atoms with Crippen LogP contribution >= 0.6 is 0 Å². The number of aromatic nitrogens is 5. The number of furan rings is 1. The monoisotopic (exact) mass is 685 g/mol. The molecule has 3 aliphatic rings. The lowest BCUT2D eigenvalue weighted by molar-refractivity contribution is -0.228. The molecule has 0 saturated carbocycles. The summed E-state index contributed by atoms with van der Waals surface area (Å²) in [6.45, 7) is 5.96. The van der Waals surface area contributed by atoms with Crippen molar-refractivity contribution in [3.05, 3.63) is 65.4 Å². The van der Waals surface area contributed by atoms with Crippen LogP contribution in [0.25, 0.3) is 22.1 Å². The molecule has 1 spiro atoms. The Hall–Kier alpha value is -5.33. The van der Waals surface area contributed by atoms with E-state index in [-0.39, 0.29) is 41.8 Å². The lowest BCUT2D eigenvalue weighted by Crippen LogP contribution is -2.68. The van der Waals surface area contributed by atoms with E-state index in [2.05, 4.69) is 38.7 Å². The Balaban J connectivity index is 1.16. The molecule has 0 unspecified atom stereocenters. The van der Waals surface area contributed by atoms with Gasteiger partial charge in [0.15, 0.2) is 17.2 Å². The van der Waals surface area contributed by atoms with Gasteiger partial charge in [-0.3, -0.25) is 4.68 Å². The molecule has 0 amide bonds. The van der Waals surface area contributed by atoms with Crippen molar-refractivity contribution < 1.29 is 37.3 Å². The first-order valence-corrected chi connectivity index (χ1v) is 16.2. The van der Waals surface area contributed by atoms with E-state index in [0.29, 0.717) is 48.6 Å². The average molecular weight is 686 g/mol. The first-order chi connectivity index (χ1) is 24.1. The van der Waals surface area contributed by atoms with Crippen LogP contribution in [0.4, 0.5) is 20.3 Å². The number of aryl methyl sites for hydroxylation is 1. The minimum absolute atomic E-state index is 0.0161. The normalized spacial score (nSPS) is 21.5. The zero-order chi connectivity index (χ0) is 34.7. The maximum atomic E-state index is 14.1. The molecule has 8 rings (SSSR count). The second kappa shape index (κ2) is 12.2. The highest BCUT2D eigenvalue weighted by atomic mass is 19.3. The maximum absolute atomic E-state index is 14.1. The highest BCUT2D eigenvalue weighted by Crippen LogP contribution is 2.41. The molecule has 50 heavy (non-hydrogen) atoms. The highest BCUT2D eigenvalue weighted by molar-refractivity contribution is 6.06. The van der Waals surface area contributed by atoms with Gasteiger partial charge in [-0.1, -0.05) is 24.0 Å². The minimum atomic E-state index is -2.99. The summed E-state index contributed by atoms with van der Waals surface area (Å²) < 4.78 is 54.2. The number of hydrogen-bond acceptors (Lipinski definition) is 11. The number of halogens is 2. The van der Waals surface area contributed by atoms with Gasteiger partial charge in [-0.25, -0.2) is 28.5 Å². The molecule has 1 aromatic carbocycles. The Bertz CT molecular complexity index is 2190. The number of alkyl halides is 2. The van der Waals surface area contributed by atoms with E-state index in [1.54, 1.807) is 41.3 Å². The van der Waals surface area contributed by atoms with Crippen LogP contribution in [0.3, 0.4) is 0 Å². The third kappa shape index (κ3) is 5.35. The molecule has 3 atom stereocenters. The number of benzene rings is 1. The predicted molar refractivity (Wildman–Crippen MR) is 177 cm³/mol. The van der Waals surface area contributed by atoms with E-state index in [4.69, 9.17) is 23.6 Å². The van der Waals surface area contributed by atoms with E-state index in [1.165, 1.54) is 4.90 Å². The minimum Gasteiger partial charge on any atom is -0.480 e. The molecule has 0 aliphatic carbocycles. The third-order valence-corrected chi connectivity index (χ3v) is 9.87. The van der Waals surface area contributed by atoms with Gasteiger partial charge in [0.05, 0.1) is 49.9 Å². The van der Waals surface area contributed by atoms with E-state index < -0.39 is 36.0 Å². The number of anilines is 2. The van der Waals surface area contributed by atoms with Gasteiger partial charge in [-0.15, -0.1) is 0 Å². The lowest BCUT2D eigenvalue weighted by Gasteiger charge is -2.53. The number of aliphatic carboxylic acids is 1. The number of fused-ring (bicyclic) bond motifs is 3. The maximum Gasteiger partial charge on any atom is 0.326 e. The number of rotatable bonds is 6. The standard InChI is InChI=1S/C35H33F2N7O6/c1-19-22(15-39-42(19)3)9-8-21-12-25(43-10-11-48-35(20(43)2)17-47-18-35)33(38-14-21)49-23-13-26(34(45)46)44(16-23)32-29-28(40-31(41-32)30(36)37)24-6-4-5-7-27(24)50-29/h4-7,12,14-15,20,23,26,30H,10-11,13,16-18H2,1-3H3,(H,45,46)/t20-,23-,26-/m0/s1.